The van der Waals surface area contributed by atoms with Gasteiger partial charge in [0, 0.05) is 28.9 Å². The molecule has 6 nitrogen and oxygen atoms in total. The highest BCUT2D eigenvalue weighted by atomic mass is 32.2. The number of aromatic amines is 1. The molecule has 0 aliphatic rings. The van der Waals surface area contributed by atoms with Crippen LogP contribution < -0.4 is 5.32 Å². The van der Waals surface area contributed by atoms with Gasteiger partial charge in [-0.2, -0.15) is 10.2 Å². The fourth-order valence-corrected chi connectivity index (χ4v) is 2.99. The molecule has 0 radical (unpaired) electrons. The SMILES string of the molecule is CSc1ccc(NC(=O)c2cc(-c3c(C)nn(C)c3C)n[nH]2)cc1. The Hall–Kier alpha value is -2.54. The molecule has 0 atom stereocenters. The second-order valence-corrected chi connectivity index (χ2v) is 6.40. The van der Waals surface area contributed by atoms with Crippen molar-refractivity contribution in [2.75, 3.05) is 11.6 Å². The van der Waals surface area contributed by atoms with E-state index in [1.807, 2.05) is 56.1 Å². The van der Waals surface area contributed by atoms with Gasteiger partial charge in [-0.05, 0) is 50.4 Å². The van der Waals surface area contributed by atoms with Crippen LogP contribution in [0.1, 0.15) is 21.9 Å². The van der Waals surface area contributed by atoms with Gasteiger partial charge < -0.3 is 5.32 Å². The second-order valence-electron chi connectivity index (χ2n) is 5.52. The summed E-state index contributed by atoms with van der Waals surface area (Å²) in [6.45, 7) is 3.92. The third-order valence-electron chi connectivity index (χ3n) is 3.94. The Balaban J connectivity index is 1.80. The lowest BCUT2D eigenvalue weighted by Gasteiger charge is -2.04. The summed E-state index contributed by atoms with van der Waals surface area (Å²) in [6.07, 6.45) is 2.02. The maximum atomic E-state index is 12.4. The fourth-order valence-electron chi connectivity index (χ4n) is 2.58. The highest BCUT2D eigenvalue weighted by Crippen LogP contribution is 2.25. The van der Waals surface area contributed by atoms with E-state index in [1.165, 1.54) is 0 Å². The van der Waals surface area contributed by atoms with Gasteiger partial charge in [-0.15, -0.1) is 11.8 Å². The number of nitrogens with zero attached hydrogens (tertiary/aromatic N) is 3. The third kappa shape index (κ3) is 3.07. The molecule has 0 fully saturated rings. The van der Waals surface area contributed by atoms with Crippen LogP contribution in [0.2, 0.25) is 0 Å². The third-order valence-corrected chi connectivity index (χ3v) is 4.68. The first-order chi connectivity index (χ1) is 11.5. The maximum absolute atomic E-state index is 12.4. The molecular formula is C17H19N5OS. The first kappa shape index (κ1) is 16.3. The number of aromatic nitrogens is 4. The molecular weight excluding hydrogens is 322 g/mol. The Bertz CT molecular complexity index is 879. The number of hydrogen-bond acceptors (Lipinski definition) is 4. The van der Waals surface area contributed by atoms with Crippen LogP contribution >= 0.6 is 11.8 Å². The van der Waals surface area contributed by atoms with Gasteiger partial charge in [0.25, 0.3) is 5.91 Å². The molecule has 24 heavy (non-hydrogen) atoms. The van der Waals surface area contributed by atoms with E-state index in [0.29, 0.717) is 5.69 Å². The van der Waals surface area contributed by atoms with Gasteiger partial charge in [0.2, 0.25) is 0 Å². The lowest BCUT2D eigenvalue weighted by Crippen LogP contribution is -2.12. The minimum Gasteiger partial charge on any atom is -0.321 e. The Labute approximate surface area is 144 Å². The molecule has 0 bridgehead atoms. The van der Waals surface area contributed by atoms with Crippen molar-refractivity contribution in [3.8, 4) is 11.3 Å². The molecule has 124 valence electrons. The van der Waals surface area contributed by atoms with Gasteiger partial charge in [0.1, 0.15) is 5.69 Å². The van der Waals surface area contributed by atoms with Crippen LogP contribution in [0.25, 0.3) is 11.3 Å². The molecule has 2 aromatic heterocycles. The van der Waals surface area contributed by atoms with Crippen molar-refractivity contribution < 1.29 is 4.79 Å². The van der Waals surface area contributed by atoms with E-state index >= 15 is 0 Å². The van der Waals surface area contributed by atoms with Crippen molar-refractivity contribution in [2.24, 2.45) is 7.05 Å². The number of H-pyrrole nitrogens is 1. The molecule has 0 spiro atoms. The zero-order chi connectivity index (χ0) is 17.3. The molecule has 1 amide bonds. The molecule has 0 saturated carbocycles. The summed E-state index contributed by atoms with van der Waals surface area (Å²) in [6, 6.07) is 9.47. The summed E-state index contributed by atoms with van der Waals surface area (Å²) in [5, 5.41) is 14.3. The lowest BCUT2D eigenvalue weighted by molar-refractivity contribution is 0.102. The summed E-state index contributed by atoms with van der Waals surface area (Å²) in [5.41, 5.74) is 4.75. The molecule has 2 N–H and O–H groups in total. The highest BCUT2D eigenvalue weighted by molar-refractivity contribution is 7.98. The summed E-state index contributed by atoms with van der Waals surface area (Å²) in [7, 11) is 1.89. The Morgan fingerprint density at radius 2 is 1.96 bits per heavy atom. The molecule has 7 heteroatoms. The van der Waals surface area contributed by atoms with Crippen LogP contribution in [0, 0.1) is 13.8 Å². The Morgan fingerprint density at radius 1 is 1.25 bits per heavy atom. The van der Waals surface area contributed by atoms with Gasteiger partial charge >= 0.3 is 0 Å². The molecule has 0 aliphatic carbocycles. The largest absolute Gasteiger partial charge is 0.321 e. The molecule has 0 unspecified atom stereocenters. The first-order valence-corrected chi connectivity index (χ1v) is 8.73. The summed E-state index contributed by atoms with van der Waals surface area (Å²) in [4.78, 5) is 13.5. The minimum absolute atomic E-state index is 0.218. The molecule has 0 saturated heterocycles. The van der Waals surface area contributed by atoms with Gasteiger partial charge in [-0.1, -0.05) is 0 Å². The zero-order valence-electron chi connectivity index (χ0n) is 14.0. The predicted octanol–water partition coefficient (Wildman–Crippen LogP) is 3.40. The van der Waals surface area contributed by atoms with Crippen LogP contribution in [0.15, 0.2) is 35.2 Å². The van der Waals surface area contributed by atoms with Crippen molar-refractivity contribution in [1.82, 2.24) is 20.0 Å². The normalized spacial score (nSPS) is 10.8. The van der Waals surface area contributed by atoms with Crippen LogP contribution in [0.4, 0.5) is 5.69 Å². The predicted molar refractivity (Wildman–Crippen MR) is 96.4 cm³/mol. The maximum Gasteiger partial charge on any atom is 0.273 e. The average molecular weight is 341 g/mol. The fraction of sp³-hybridized carbons (Fsp3) is 0.235. The van der Waals surface area contributed by atoms with E-state index in [1.54, 1.807) is 17.8 Å². The van der Waals surface area contributed by atoms with Gasteiger partial charge in [0.05, 0.1) is 11.4 Å². The molecule has 3 aromatic rings. The van der Waals surface area contributed by atoms with Crippen molar-refractivity contribution >= 4 is 23.4 Å². The number of hydrogen-bond donors (Lipinski definition) is 2. The monoisotopic (exact) mass is 341 g/mol. The Morgan fingerprint density at radius 3 is 2.54 bits per heavy atom. The van der Waals surface area contributed by atoms with Crippen molar-refractivity contribution in [3.05, 3.63) is 47.4 Å². The highest BCUT2D eigenvalue weighted by Gasteiger charge is 2.17. The summed E-state index contributed by atoms with van der Waals surface area (Å²) >= 11 is 1.66. The van der Waals surface area contributed by atoms with E-state index in [4.69, 9.17) is 0 Å². The number of carbonyl (C=O) groups is 1. The number of thioether (sulfide) groups is 1. The average Bonchev–Trinajstić information content (AvgIpc) is 3.13. The van der Waals surface area contributed by atoms with Crippen molar-refractivity contribution in [1.29, 1.82) is 0 Å². The summed E-state index contributed by atoms with van der Waals surface area (Å²) in [5.74, 6) is -0.218. The molecule has 1 aromatic carbocycles. The minimum atomic E-state index is -0.218. The smallest absolute Gasteiger partial charge is 0.273 e. The topological polar surface area (TPSA) is 75.6 Å². The number of anilines is 1. The lowest BCUT2D eigenvalue weighted by atomic mass is 10.1. The molecule has 3 rings (SSSR count). The van der Waals surface area contributed by atoms with Crippen molar-refractivity contribution in [3.63, 3.8) is 0 Å². The van der Waals surface area contributed by atoms with Crippen LogP contribution in [0.3, 0.4) is 0 Å². The molecule has 2 heterocycles. The zero-order valence-corrected chi connectivity index (χ0v) is 14.9. The van der Waals surface area contributed by atoms with E-state index in [-0.39, 0.29) is 5.91 Å². The first-order valence-electron chi connectivity index (χ1n) is 7.51. The number of nitrogens with one attached hydrogen (secondary N) is 2. The summed E-state index contributed by atoms with van der Waals surface area (Å²) < 4.78 is 1.81. The second kappa shape index (κ2) is 6.52. The molecule has 0 aliphatic heterocycles. The number of amides is 1. The van der Waals surface area contributed by atoms with E-state index in [2.05, 4.69) is 20.6 Å². The van der Waals surface area contributed by atoms with Crippen LogP contribution in [-0.4, -0.2) is 32.1 Å². The van der Waals surface area contributed by atoms with Gasteiger partial charge in [0.15, 0.2) is 0 Å². The number of rotatable bonds is 4. The standard InChI is InChI=1S/C17H19N5OS/c1-10-16(11(2)22(3)21-10)14-9-15(20-19-14)17(23)18-12-5-7-13(24-4)8-6-12/h5-9H,1-4H3,(H,18,23)(H,19,20). The van der Waals surface area contributed by atoms with E-state index < -0.39 is 0 Å². The van der Waals surface area contributed by atoms with E-state index in [9.17, 15) is 4.79 Å². The van der Waals surface area contributed by atoms with Crippen LogP contribution in [0.5, 0.6) is 0 Å². The van der Waals surface area contributed by atoms with Gasteiger partial charge in [-0.25, -0.2) is 0 Å². The van der Waals surface area contributed by atoms with Crippen molar-refractivity contribution in [2.45, 2.75) is 18.7 Å². The number of carbonyl (C=O) groups excluding carboxylic acids is 1. The number of benzene rings is 1. The Kier molecular flexibility index (Phi) is 4.44. The van der Waals surface area contributed by atoms with Gasteiger partial charge in [-0.3, -0.25) is 14.6 Å². The quantitative estimate of drug-likeness (QED) is 0.713. The van der Waals surface area contributed by atoms with Crippen LogP contribution in [-0.2, 0) is 7.05 Å². The van der Waals surface area contributed by atoms with E-state index in [0.717, 1.165) is 33.2 Å². The number of aryl methyl sites for hydroxylation is 2.